The molecule has 1 aliphatic rings. The van der Waals surface area contributed by atoms with Gasteiger partial charge in [-0.05, 0) is 11.1 Å². The van der Waals surface area contributed by atoms with Crippen LogP contribution in [0.1, 0.15) is 11.1 Å². The van der Waals surface area contributed by atoms with Gasteiger partial charge in [-0.3, -0.25) is 9.80 Å². The van der Waals surface area contributed by atoms with E-state index in [1.54, 1.807) is 0 Å². The highest BCUT2D eigenvalue weighted by atomic mass is 16.3. The molecular formula is C14H22N2O2. The summed E-state index contributed by atoms with van der Waals surface area (Å²) < 4.78 is 0. The molecule has 0 unspecified atom stereocenters. The molecule has 1 fully saturated rings. The van der Waals surface area contributed by atoms with Gasteiger partial charge in [-0.1, -0.05) is 24.3 Å². The minimum Gasteiger partial charge on any atom is -0.395 e. The second-order valence-corrected chi connectivity index (χ2v) is 4.82. The minimum atomic E-state index is 0.111. The summed E-state index contributed by atoms with van der Waals surface area (Å²) in [6, 6.07) is 8.14. The van der Waals surface area contributed by atoms with E-state index in [4.69, 9.17) is 10.2 Å². The molecule has 18 heavy (non-hydrogen) atoms. The number of β-amino-alcohol motifs (C(OH)–C–C–N with tert-alkyl or cyclic N) is 1. The van der Waals surface area contributed by atoms with Crippen LogP contribution in [0, 0.1) is 0 Å². The molecule has 2 rings (SSSR count). The Bertz CT molecular complexity index is 345. The summed E-state index contributed by atoms with van der Waals surface area (Å²) in [4.78, 5) is 4.73. The van der Waals surface area contributed by atoms with Gasteiger partial charge in [0.05, 0.1) is 13.2 Å². The summed E-state index contributed by atoms with van der Waals surface area (Å²) in [5.74, 6) is 0. The first-order chi connectivity index (χ1) is 8.81. The van der Waals surface area contributed by atoms with Gasteiger partial charge in [-0.15, -0.1) is 0 Å². The van der Waals surface area contributed by atoms with Crippen LogP contribution in [0.5, 0.6) is 0 Å². The third-order valence-corrected chi connectivity index (χ3v) is 3.49. The van der Waals surface area contributed by atoms with Crippen molar-refractivity contribution in [1.82, 2.24) is 9.80 Å². The van der Waals surface area contributed by atoms with Crippen molar-refractivity contribution in [3.8, 4) is 0 Å². The van der Waals surface area contributed by atoms with Crippen molar-refractivity contribution in [2.75, 3.05) is 39.3 Å². The molecule has 0 radical (unpaired) electrons. The van der Waals surface area contributed by atoms with Crippen LogP contribution in [0.15, 0.2) is 24.3 Å². The summed E-state index contributed by atoms with van der Waals surface area (Å²) >= 11 is 0. The van der Waals surface area contributed by atoms with Gasteiger partial charge in [0.15, 0.2) is 0 Å². The zero-order valence-corrected chi connectivity index (χ0v) is 10.8. The maximum atomic E-state index is 8.99. The Morgan fingerprint density at radius 2 is 1.39 bits per heavy atom. The smallest absolute Gasteiger partial charge is 0.0681 e. The average Bonchev–Trinajstić information content (AvgIpc) is 2.42. The number of benzene rings is 1. The molecule has 100 valence electrons. The SMILES string of the molecule is OCCN1CCN(Cc2ccc(CO)cc2)CC1. The molecule has 1 saturated heterocycles. The quantitative estimate of drug-likeness (QED) is 0.788. The second-order valence-electron chi connectivity index (χ2n) is 4.82. The summed E-state index contributed by atoms with van der Waals surface area (Å²) in [6.45, 7) is 6.31. The molecule has 0 saturated carbocycles. The molecule has 1 aromatic carbocycles. The zero-order valence-electron chi connectivity index (χ0n) is 10.8. The van der Waals surface area contributed by atoms with Crippen LogP contribution in [0.4, 0.5) is 0 Å². The van der Waals surface area contributed by atoms with Crippen LogP contribution in [0.25, 0.3) is 0 Å². The van der Waals surface area contributed by atoms with Gasteiger partial charge in [0.25, 0.3) is 0 Å². The Kier molecular flexibility index (Phi) is 5.13. The highest BCUT2D eigenvalue weighted by Gasteiger charge is 2.16. The Hall–Kier alpha value is -0.940. The standard InChI is InChI=1S/C14H22N2O2/c17-10-9-15-5-7-16(8-6-15)11-13-1-3-14(12-18)4-2-13/h1-4,17-18H,5-12H2. The van der Waals surface area contributed by atoms with E-state index in [2.05, 4.69) is 21.9 Å². The first-order valence-corrected chi connectivity index (χ1v) is 6.56. The molecule has 0 spiro atoms. The number of nitrogens with zero attached hydrogens (tertiary/aromatic N) is 2. The molecule has 0 aliphatic carbocycles. The van der Waals surface area contributed by atoms with Crippen molar-refractivity contribution in [3.63, 3.8) is 0 Å². The van der Waals surface area contributed by atoms with Gasteiger partial charge in [0, 0.05) is 39.3 Å². The van der Waals surface area contributed by atoms with Crippen molar-refractivity contribution in [3.05, 3.63) is 35.4 Å². The van der Waals surface area contributed by atoms with Crippen molar-refractivity contribution in [1.29, 1.82) is 0 Å². The van der Waals surface area contributed by atoms with E-state index in [-0.39, 0.29) is 13.2 Å². The number of aliphatic hydroxyl groups is 2. The Balaban J connectivity index is 1.80. The fraction of sp³-hybridized carbons (Fsp3) is 0.571. The van der Waals surface area contributed by atoms with E-state index >= 15 is 0 Å². The zero-order chi connectivity index (χ0) is 12.8. The van der Waals surface area contributed by atoms with Gasteiger partial charge in [0.2, 0.25) is 0 Å². The Morgan fingerprint density at radius 1 is 0.833 bits per heavy atom. The van der Waals surface area contributed by atoms with E-state index in [1.165, 1.54) is 5.56 Å². The fourth-order valence-corrected chi connectivity index (χ4v) is 2.32. The van der Waals surface area contributed by atoms with E-state index < -0.39 is 0 Å². The number of hydrogen-bond donors (Lipinski definition) is 2. The number of rotatable bonds is 5. The third-order valence-electron chi connectivity index (χ3n) is 3.49. The third kappa shape index (κ3) is 3.78. The topological polar surface area (TPSA) is 46.9 Å². The Labute approximate surface area is 108 Å². The van der Waals surface area contributed by atoms with Crippen molar-refractivity contribution >= 4 is 0 Å². The summed E-state index contributed by atoms with van der Waals surface area (Å²) in [6.07, 6.45) is 0. The van der Waals surface area contributed by atoms with Crippen molar-refractivity contribution in [2.45, 2.75) is 13.2 Å². The highest BCUT2D eigenvalue weighted by molar-refractivity contribution is 5.21. The molecule has 0 atom stereocenters. The van der Waals surface area contributed by atoms with Crippen LogP contribution in [0.3, 0.4) is 0 Å². The second kappa shape index (κ2) is 6.85. The largest absolute Gasteiger partial charge is 0.395 e. The normalized spacial score (nSPS) is 18.1. The molecule has 0 amide bonds. The predicted octanol–water partition coefficient (Wildman–Crippen LogP) is 0.289. The van der Waals surface area contributed by atoms with Gasteiger partial charge in [-0.25, -0.2) is 0 Å². The fourth-order valence-electron chi connectivity index (χ4n) is 2.32. The lowest BCUT2D eigenvalue weighted by molar-refractivity contribution is 0.108. The Morgan fingerprint density at radius 3 is 1.94 bits per heavy atom. The van der Waals surface area contributed by atoms with Gasteiger partial charge < -0.3 is 10.2 Å². The predicted molar refractivity (Wildman–Crippen MR) is 71.2 cm³/mol. The summed E-state index contributed by atoms with van der Waals surface area (Å²) in [5, 5.41) is 17.9. The van der Waals surface area contributed by atoms with Crippen LogP contribution in [-0.4, -0.2) is 59.3 Å². The van der Waals surface area contributed by atoms with Gasteiger partial charge >= 0.3 is 0 Å². The number of aliphatic hydroxyl groups excluding tert-OH is 2. The van der Waals surface area contributed by atoms with Crippen molar-refractivity contribution < 1.29 is 10.2 Å². The van der Waals surface area contributed by atoms with Crippen LogP contribution >= 0.6 is 0 Å². The molecule has 4 heteroatoms. The van der Waals surface area contributed by atoms with E-state index in [0.717, 1.165) is 44.8 Å². The summed E-state index contributed by atoms with van der Waals surface area (Å²) in [5.41, 5.74) is 2.26. The lowest BCUT2D eigenvalue weighted by Crippen LogP contribution is -2.46. The monoisotopic (exact) mass is 250 g/mol. The molecule has 0 bridgehead atoms. The first-order valence-electron chi connectivity index (χ1n) is 6.56. The molecule has 1 heterocycles. The molecule has 1 aliphatic heterocycles. The molecule has 2 N–H and O–H groups in total. The van der Waals surface area contributed by atoms with Crippen LogP contribution < -0.4 is 0 Å². The van der Waals surface area contributed by atoms with E-state index in [1.807, 2.05) is 12.1 Å². The number of hydrogen-bond acceptors (Lipinski definition) is 4. The average molecular weight is 250 g/mol. The van der Waals surface area contributed by atoms with E-state index in [9.17, 15) is 0 Å². The molecule has 1 aromatic rings. The first kappa shape index (κ1) is 13.5. The van der Waals surface area contributed by atoms with Crippen molar-refractivity contribution in [2.24, 2.45) is 0 Å². The highest BCUT2D eigenvalue weighted by Crippen LogP contribution is 2.10. The number of piperazine rings is 1. The minimum absolute atomic E-state index is 0.111. The van der Waals surface area contributed by atoms with Crippen LogP contribution in [-0.2, 0) is 13.2 Å². The van der Waals surface area contributed by atoms with Crippen LogP contribution in [0.2, 0.25) is 0 Å². The van der Waals surface area contributed by atoms with E-state index in [0.29, 0.717) is 0 Å². The summed E-state index contributed by atoms with van der Waals surface area (Å²) in [7, 11) is 0. The maximum Gasteiger partial charge on any atom is 0.0681 e. The van der Waals surface area contributed by atoms with Gasteiger partial charge in [0.1, 0.15) is 0 Å². The molecule has 0 aromatic heterocycles. The van der Waals surface area contributed by atoms with Gasteiger partial charge in [-0.2, -0.15) is 0 Å². The molecule has 4 nitrogen and oxygen atoms in total. The maximum absolute atomic E-state index is 8.99. The molecular weight excluding hydrogens is 228 g/mol. The lowest BCUT2D eigenvalue weighted by atomic mass is 10.1. The lowest BCUT2D eigenvalue weighted by Gasteiger charge is -2.34.